The number of amides is 2. The summed E-state index contributed by atoms with van der Waals surface area (Å²) in [5, 5.41) is 7.27. The number of likely N-dealkylation sites (tertiary alicyclic amines) is 1. The number of aromatic nitrogens is 2. The highest BCUT2D eigenvalue weighted by Gasteiger charge is 2.36. The third-order valence-corrected chi connectivity index (χ3v) is 4.43. The number of aryl methyl sites for hydroxylation is 1. The largest absolute Gasteiger partial charge is 0.396 e. The second-order valence-corrected chi connectivity index (χ2v) is 5.80. The van der Waals surface area contributed by atoms with Gasteiger partial charge in [0.1, 0.15) is 0 Å². The number of hydrogen-bond donors (Lipinski definition) is 2. The quantitative estimate of drug-likeness (QED) is 0.815. The van der Waals surface area contributed by atoms with Gasteiger partial charge in [0.2, 0.25) is 5.91 Å². The third kappa shape index (κ3) is 2.59. The fraction of sp³-hybridized carbons (Fsp3) is 0.643. The molecule has 2 atom stereocenters. The van der Waals surface area contributed by atoms with Gasteiger partial charge in [-0.2, -0.15) is 5.10 Å². The molecular formula is C14H21N5O2. The van der Waals surface area contributed by atoms with Crippen molar-refractivity contribution in [3.63, 3.8) is 0 Å². The SMILES string of the molecule is CCn1cc(N)c(C(=O)N2CCC3NC(=O)CCC3C2)n1. The molecule has 2 saturated heterocycles. The van der Waals surface area contributed by atoms with Crippen LogP contribution in [0.5, 0.6) is 0 Å². The number of nitrogens with zero attached hydrogens (tertiary/aromatic N) is 3. The summed E-state index contributed by atoms with van der Waals surface area (Å²) in [5.74, 6) is 0.367. The van der Waals surface area contributed by atoms with Gasteiger partial charge in [0.15, 0.2) is 5.69 Å². The van der Waals surface area contributed by atoms with Crippen LogP contribution in [0, 0.1) is 5.92 Å². The molecule has 0 saturated carbocycles. The van der Waals surface area contributed by atoms with Gasteiger partial charge < -0.3 is 16.0 Å². The van der Waals surface area contributed by atoms with Crippen LogP contribution in [0.15, 0.2) is 6.20 Å². The van der Waals surface area contributed by atoms with Crippen LogP contribution in [0.1, 0.15) is 36.7 Å². The maximum atomic E-state index is 12.6. The minimum Gasteiger partial charge on any atom is -0.396 e. The summed E-state index contributed by atoms with van der Waals surface area (Å²) in [6.07, 6.45) is 3.90. The Bertz CT molecular complexity index is 568. The minimum absolute atomic E-state index is 0.102. The van der Waals surface area contributed by atoms with Crippen molar-refractivity contribution in [2.45, 2.75) is 38.8 Å². The number of nitrogens with two attached hydrogens (primary N) is 1. The van der Waals surface area contributed by atoms with Crippen molar-refractivity contribution >= 4 is 17.5 Å². The molecule has 0 aromatic carbocycles. The van der Waals surface area contributed by atoms with E-state index in [1.165, 1.54) is 0 Å². The van der Waals surface area contributed by atoms with Gasteiger partial charge >= 0.3 is 0 Å². The number of anilines is 1. The van der Waals surface area contributed by atoms with Gasteiger partial charge in [0.25, 0.3) is 5.91 Å². The van der Waals surface area contributed by atoms with E-state index in [1.54, 1.807) is 10.9 Å². The molecule has 21 heavy (non-hydrogen) atoms. The Hall–Kier alpha value is -2.05. The van der Waals surface area contributed by atoms with E-state index >= 15 is 0 Å². The highest BCUT2D eigenvalue weighted by Crippen LogP contribution is 2.26. The van der Waals surface area contributed by atoms with E-state index in [0.717, 1.165) is 12.8 Å². The molecular weight excluding hydrogens is 270 g/mol. The second-order valence-electron chi connectivity index (χ2n) is 5.80. The van der Waals surface area contributed by atoms with Crippen LogP contribution in [0.3, 0.4) is 0 Å². The molecule has 2 fully saturated rings. The Morgan fingerprint density at radius 1 is 1.52 bits per heavy atom. The van der Waals surface area contributed by atoms with Gasteiger partial charge in [-0.05, 0) is 25.7 Å². The Balaban J connectivity index is 1.71. The number of rotatable bonds is 2. The van der Waals surface area contributed by atoms with E-state index in [2.05, 4.69) is 10.4 Å². The minimum atomic E-state index is -0.102. The summed E-state index contributed by atoms with van der Waals surface area (Å²) in [5.41, 5.74) is 6.66. The number of nitrogen functional groups attached to an aromatic ring is 1. The van der Waals surface area contributed by atoms with Crippen molar-refractivity contribution in [2.24, 2.45) is 5.92 Å². The average Bonchev–Trinajstić information content (AvgIpc) is 2.87. The highest BCUT2D eigenvalue weighted by molar-refractivity contribution is 5.97. The van der Waals surface area contributed by atoms with Crippen LogP contribution in [-0.2, 0) is 11.3 Å². The Labute approximate surface area is 123 Å². The predicted molar refractivity (Wildman–Crippen MR) is 77.5 cm³/mol. The van der Waals surface area contributed by atoms with Crippen molar-refractivity contribution < 1.29 is 9.59 Å². The molecule has 7 heteroatoms. The first-order valence-corrected chi connectivity index (χ1v) is 7.50. The molecule has 1 aromatic heterocycles. The number of nitrogens with one attached hydrogen (secondary N) is 1. The molecule has 7 nitrogen and oxygen atoms in total. The summed E-state index contributed by atoms with van der Waals surface area (Å²) >= 11 is 0. The molecule has 0 aliphatic carbocycles. The maximum absolute atomic E-state index is 12.6. The smallest absolute Gasteiger partial charge is 0.276 e. The van der Waals surface area contributed by atoms with E-state index in [0.29, 0.717) is 43.4 Å². The fourth-order valence-corrected chi connectivity index (χ4v) is 3.21. The molecule has 0 spiro atoms. The van der Waals surface area contributed by atoms with Gasteiger partial charge in [-0.1, -0.05) is 0 Å². The monoisotopic (exact) mass is 291 g/mol. The zero-order valence-corrected chi connectivity index (χ0v) is 12.2. The molecule has 3 heterocycles. The van der Waals surface area contributed by atoms with Crippen LogP contribution >= 0.6 is 0 Å². The molecule has 114 valence electrons. The second kappa shape index (κ2) is 5.38. The average molecular weight is 291 g/mol. The molecule has 3 N–H and O–H groups in total. The van der Waals surface area contributed by atoms with E-state index in [9.17, 15) is 9.59 Å². The van der Waals surface area contributed by atoms with Crippen molar-refractivity contribution in [3.8, 4) is 0 Å². The summed E-state index contributed by atoms with van der Waals surface area (Å²) in [6.45, 7) is 3.95. The molecule has 2 amide bonds. The van der Waals surface area contributed by atoms with Gasteiger partial charge in [-0.3, -0.25) is 14.3 Å². The predicted octanol–water partition coefficient (Wildman–Crippen LogP) is 0.226. The van der Waals surface area contributed by atoms with Gasteiger partial charge in [0, 0.05) is 38.3 Å². The van der Waals surface area contributed by atoms with Crippen LogP contribution in [0.4, 0.5) is 5.69 Å². The zero-order chi connectivity index (χ0) is 15.0. The number of fused-ring (bicyclic) bond motifs is 1. The molecule has 0 bridgehead atoms. The molecule has 1 aromatic rings. The number of hydrogen-bond acceptors (Lipinski definition) is 4. The number of carbonyl (C=O) groups is 2. The standard InChI is InChI=1S/C14H21N5O2/c1-2-19-8-10(15)13(17-19)14(21)18-6-5-11-9(7-18)3-4-12(20)16-11/h8-9,11H,2-7,15H2,1H3,(H,16,20). The Morgan fingerprint density at radius 2 is 2.33 bits per heavy atom. The number of carbonyl (C=O) groups excluding carboxylic acids is 2. The van der Waals surface area contributed by atoms with Gasteiger partial charge in [-0.15, -0.1) is 0 Å². The van der Waals surface area contributed by atoms with E-state index in [4.69, 9.17) is 5.73 Å². The van der Waals surface area contributed by atoms with Crippen molar-refractivity contribution in [2.75, 3.05) is 18.8 Å². The summed E-state index contributed by atoms with van der Waals surface area (Å²) in [4.78, 5) is 25.8. The molecule has 0 radical (unpaired) electrons. The van der Waals surface area contributed by atoms with Crippen LogP contribution < -0.4 is 11.1 Å². The lowest BCUT2D eigenvalue weighted by atomic mass is 9.85. The zero-order valence-electron chi connectivity index (χ0n) is 12.2. The van der Waals surface area contributed by atoms with E-state index in [-0.39, 0.29) is 17.9 Å². The Morgan fingerprint density at radius 3 is 3.05 bits per heavy atom. The van der Waals surface area contributed by atoms with Gasteiger partial charge in [0.05, 0.1) is 5.69 Å². The van der Waals surface area contributed by atoms with E-state index in [1.807, 2.05) is 11.8 Å². The number of piperidine rings is 2. The lowest BCUT2D eigenvalue weighted by molar-refractivity contribution is -0.125. The van der Waals surface area contributed by atoms with Crippen molar-refractivity contribution in [1.82, 2.24) is 20.0 Å². The first-order chi connectivity index (χ1) is 10.1. The highest BCUT2D eigenvalue weighted by atomic mass is 16.2. The topological polar surface area (TPSA) is 93.2 Å². The first kappa shape index (κ1) is 13.9. The summed E-state index contributed by atoms with van der Waals surface area (Å²) in [7, 11) is 0. The molecule has 2 aliphatic heterocycles. The summed E-state index contributed by atoms with van der Waals surface area (Å²) < 4.78 is 1.68. The van der Waals surface area contributed by atoms with Crippen LogP contribution in [0.2, 0.25) is 0 Å². The lowest BCUT2D eigenvalue weighted by Crippen LogP contribution is -2.55. The molecule has 2 aliphatic rings. The fourth-order valence-electron chi connectivity index (χ4n) is 3.21. The molecule has 2 unspecified atom stereocenters. The third-order valence-electron chi connectivity index (χ3n) is 4.43. The van der Waals surface area contributed by atoms with Crippen molar-refractivity contribution in [1.29, 1.82) is 0 Å². The van der Waals surface area contributed by atoms with Gasteiger partial charge in [-0.25, -0.2) is 0 Å². The Kier molecular flexibility index (Phi) is 3.57. The maximum Gasteiger partial charge on any atom is 0.276 e. The van der Waals surface area contributed by atoms with Crippen molar-refractivity contribution in [3.05, 3.63) is 11.9 Å². The normalized spacial score (nSPS) is 25.4. The lowest BCUT2D eigenvalue weighted by Gasteiger charge is -2.41. The summed E-state index contributed by atoms with van der Waals surface area (Å²) in [6, 6.07) is 0.209. The van der Waals surface area contributed by atoms with Crippen LogP contribution in [-0.4, -0.2) is 45.6 Å². The van der Waals surface area contributed by atoms with Crippen LogP contribution in [0.25, 0.3) is 0 Å². The molecule has 3 rings (SSSR count). The van der Waals surface area contributed by atoms with E-state index < -0.39 is 0 Å². The first-order valence-electron chi connectivity index (χ1n) is 7.50.